The third-order valence-corrected chi connectivity index (χ3v) is 6.64. The predicted molar refractivity (Wildman–Crippen MR) is 99.3 cm³/mol. The first kappa shape index (κ1) is 19.7. The van der Waals surface area contributed by atoms with Crippen molar-refractivity contribution in [1.29, 1.82) is 0 Å². The van der Waals surface area contributed by atoms with Crippen molar-refractivity contribution in [1.82, 2.24) is 14.5 Å². The third-order valence-electron chi connectivity index (χ3n) is 3.62. The van der Waals surface area contributed by atoms with Crippen LogP contribution in [0.3, 0.4) is 0 Å². The molecule has 0 amide bonds. The van der Waals surface area contributed by atoms with Crippen LogP contribution in [0.1, 0.15) is 0 Å². The van der Waals surface area contributed by atoms with E-state index in [9.17, 15) is 8.42 Å². The lowest BCUT2D eigenvalue weighted by atomic mass is 10.4. The SMILES string of the molecule is COCCNC(=S)N1CCN(S(=O)(=O)c2cc(Cl)ccc2Cl)CC1. The van der Waals surface area contributed by atoms with Crippen molar-refractivity contribution in [2.45, 2.75) is 4.90 Å². The summed E-state index contributed by atoms with van der Waals surface area (Å²) in [6, 6.07) is 4.43. The Morgan fingerprint density at radius 3 is 2.58 bits per heavy atom. The number of thiocarbonyl (C=S) groups is 1. The van der Waals surface area contributed by atoms with Gasteiger partial charge in [-0.05, 0) is 30.4 Å². The van der Waals surface area contributed by atoms with E-state index in [-0.39, 0.29) is 9.92 Å². The van der Waals surface area contributed by atoms with Gasteiger partial charge >= 0.3 is 0 Å². The van der Waals surface area contributed by atoms with Crippen LogP contribution in [0.4, 0.5) is 0 Å². The van der Waals surface area contributed by atoms with Gasteiger partial charge in [-0.25, -0.2) is 8.42 Å². The number of methoxy groups -OCH3 is 1. The zero-order chi connectivity index (χ0) is 17.7. The smallest absolute Gasteiger partial charge is 0.244 e. The minimum absolute atomic E-state index is 0.0333. The van der Waals surface area contributed by atoms with Crippen LogP contribution in [0.15, 0.2) is 23.1 Å². The lowest BCUT2D eigenvalue weighted by Crippen LogP contribution is -2.53. The Hall–Kier alpha value is -0.640. The molecule has 0 spiro atoms. The van der Waals surface area contributed by atoms with Crippen molar-refractivity contribution in [3.63, 3.8) is 0 Å². The highest BCUT2D eigenvalue weighted by molar-refractivity contribution is 7.89. The minimum atomic E-state index is -3.68. The summed E-state index contributed by atoms with van der Waals surface area (Å²) in [4.78, 5) is 1.97. The molecule has 0 radical (unpaired) electrons. The molecule has 0 saturated carbocycles. The average Bonchev–Trinajstić information content (AvgIpc) is 2.57. The van der Waals surface area contributed by atoms with Gasteiger partial charge in [-0.2, -0.15) is 4.31 Å². The molecule has 1 aliphatic heterocycles. The van der Waals surface area contributed by atoms with Crippen molar-refractivity contribution in [2.24, 2.45) is 0 Å². The third kappa shape index (κ3) is 4.71. The van der Waals surface area contributed by atoms with Crippen molar-refractivity contribution >= 4 is 50.6 Å². The lowest BCUT2D eigenvalue weighted by Gasteiger charge is -2.35. The van der Waals surface area contributed by atoms with E-state index in [1.165, 1.54) is 16.4 Å². The van der Waals surface area contributed by atoms with Gasteiger partial charge in [-0.3, -0.25) is 0 Å². The van der Waals surface area contributed by atoms with E-state index in [1.807, 2.05) is 4.90 Å². The zero-order valence-electron chi connectivity index (χ0n) is 13.2. The molecule has 0 aliphatic carbocycles. The second-order valence-corrected chi connectivity index (χ2v) is 8.33. The topological polar surface area (TPSA) is 61.9 Å². The molecule has 1 heterocycles. The molecule has 1 aromatic rings. The lowest BCUT2D eigenvalue weighted by molar-refractivity contribution is 0.201. The fraction of sp³-hybridized carbons (Fsp3) is 0.500. The summed E-state index contributed by atoms with van der Waals surface area (Å²) in [6.45, 7) is 2.86. The van der Waals surface area contributed by atoms with E-state index >= 15 is 0 Å². The molecule has 1 saturated heterocycles. The molecule has 0 bridgehead atoms. The van der Waals surface area contributed by atoms with Crippen LogP contribution in [0.5, 0.6) is 0 Å². The van der Waals surface area contributed by atoms with Crippen LogP contribution in [-0.4, -0.2) is 69.2 Å². The van der Waals surface area contributed by atoms with Crippen LogP contribution in [0.2, 0.25) is 10.0 Å². The number of hydrogen-bond donors (Lipinski definition) is 1. The van der Waals surface area contributed by atoms with E-state index in [0.29, 0.717) is 49.5 Å². The highest BCUT2D eigenvalue weighted by Gasteiger charge is 2.30. The molecule has 1 fully saturated rings. The van der Waals surface area contributed by atoms with Gasteiger partial charge in [0.1, 0.15) is 4.90 Å². The summed E-state index contributed by atoms with van der Waals surface area (Å²) in [5.41, 5.74) is 0. The van der Waals surface area contributed by atoms with E-state index < -0.39 is 10.0 Å². The highest BCUT2D eigenvalue weighted by atomic mass is 35.5. The van der Waals surface area contributed by atoms with Crippen molar-refractivity contribution in [3.05, 3.63) is 28.2 Å². The highest BCUT2D eigenvalue weighted by Crippen LogP contribution is 2.28. The summed E-state index contributed by atoms with van der Waals surface area (Å²) < 4.78 is 31.9. The number of sulfonamides is 1. The number of nitrogens with one attached hydrogen (secondary N) is 1. The van der Waals surface area contributed by atoms with Crippen LogP contribution in [0.25, 0.3) is 0 Å². The summed E-state index contributed by atoms with van der Waals surface area (Å²) in [5.74, 6) is 0. The van der Waals surface area contributed by atoms with E-state index in [0.717, 1.165) is 0 Å². The monoisotopic (exact) mass is 411 g/mol. The zero-order valence-corrected chi connectivity index (χ0v) is 16.3. The fourth-order valence-corrected chi connectivity index (χ4v) is 4.76. The second-order valence-electron chi connectivity index (χ2n) is 5.19. The maximum Gasteiger partial charge on any atom is 0.244 e. The van der Waals surface area contributed by atoms with Gasteiger partial charge in [0, 0.05) is 44.9 Å². The Morgan fingerprint density at radius 2 is 1.96 bits per heavy atom. The van der Waals surface area contributed by atoms with Crippen LogP contribution < -0.4 is 5.32 Å². The molecule has 1 N–H and O–H groups in total. The Kier molecular flexibility index (Phi) is 7.09. The molecule has 24 heavy (non-hydrogen) atoms. The van der Waals surface area contributed by atoms with Crippen molar-refractivity contribution in [3.8, 4) is 0 Å². The van der Waals surface area contributed by atoms with Gasteiger partial charge in [0.05, 0.1) is 11.6 Å². The van der Waals surface area contributed by atoms with Crippen LogP contribution in [0, 0.1) is 0 Å². The van der Waals surface area contributed by atoms with Crippen molar-refractivity contribution in [2.75, 3.05) is 46.4 Å². The number of rotatable bonds is 5. The molecule has 0 aromatic heterocycles. The first-order valence-corrected chi connectivity index (χ1v) is 9.93. The van der Waals surface area contributed by atoms with E-state index in [1.54, 1.807) is 13.2 Å². The van der Waals surface area contributed by atoms with Gasteiger partial charge in [-0.15, -0.1) is 0 Å². The molecule has 1 aromatic carbocycles. The first-order valence-electron chi connectivity index (χ1n) is 7.33. The Bertz CT molecular complexity index is 693. The molecule has 134 valence electrons. The predicted octanol–water partition coefficient (Wildman–Crippen LogP) is 1.82. The number of halogens is 2. The van der Waals surface area contributed by atoms with Gasteiger partial charge in [-0.1, -0.05) is 23.2 Å². The number of benzene rings is 1. The molecule has 1 aliphatic rings. The number of hydrogen-bond acceptors (Lipinski definition) is 4. The maximum atomic E-state index is 12.7. The van der Waals surface area contributed by atoms with Crippen LogP contribution >= 0.6 is 35.4 Å². The Balaban J connectivity index is 2.01. The summed E-state index contributed by atoms with van der Waals surface area (Å²) >= 11 is 17.2. The molecule has 10 heteroatoms. The van der Waals surface area contributed by atoms with E-state index in [2.05, 4.69) is 5.32 Å². The quantitative estimate of drug-likeness (QED) is 0.588. The van der Waals surface area contributed by atoms with Gasteiger partial charge in [0.25, 0.3) is 0 Å². The average molecular weight is 412 g/mol. The molecule has 6 nitrogen and oxygen atoms in total. The summed E-state index contributed by atoms with van der Waals surface area (Å²) in [5, 5.41) is 4.18. The standard InChI is InChI=1S/C14H19Cl2N3O3S2/c1-22-9-4-17-14(23)18-5-7-19(8-6-18)24(20,21)13-10-11(15)2-3-12(13)16/h2-3,10H,4-9H2,1H3,(H,17,23). The van der Waals surface area contributed by atoms with Crippen LogP contribution in [-0.2, 0) is 14.8 Å². The molecular weight excluding hydrogens is 393 g/mol. The Morgan fingerprint density at radius 1 is 1.29 bits per heavy atom. The summed E-state index contributed by atoms with van der Waals surface area (Å²) in [7, 11) is -2.06. The van der Waals surface area contributed by atoms with Gasteiger partial charge in [0.15, 0.2) is 5.11 Å². The summed E-state index contributed by atoms with van der Waals surface area (Å²) in [6.07, 6.45) is 0. The minimum Gasteiger partial charge on any atom is -0.383 e. The van der Waals surface area contributed by atoms with Gasteiger partial charge < -0.3 is 15.0 Å². The maximum absolute atomic E-state index is 12.7. The molecule has 2 rings (SSSR count). The molecular formula is C14H19Cl2N3O3S2. The first-order chi connectivity index (χ1) is 11.4. The molecule has 0 unspecified atom stereocenters. The molecule has 0 atom stereocenters. The Labute approximate surface area is 157 Å². The van der Waals surface area contributed by atoms with E-state index in [4.69, 9.17) is 40.2 Å². The number of ether oxygens (including phenoxy) is 1. The normalized spacial score (nSPS) is 16.2. The second kappa shape index (κ2) is 8.64. The fourth-order valence-electron chi connectivity index (χ4n) is 2.32. The largest absolute Gasteiger partial charge is 0.383 e. The number of nitrogens with zero attached hydrogens (tertiary/aromatic N) is 2. The van der Waals surface area contributed by atoms with Gasteiger partial charge in [0.2, 0.25) is 10.0 Å². The van der Waals surface area contributed by atoms with Crippen molar-refractivity contribution < 1.29 is 13.2 Å². The number of piperazine rings is 1.